The highest BCUT2D eigenvalue weighted by Crippen LogP contribution is 2.61. The van der Waals surface area contributed by atoms with E-state index in [1.165, 1.54) is 12.1 Å². The van der Waals surface area contributed by atoms with Crippen LogP contribution in [0.4, 0.5) is 10.5 Å². The van der Waals surface area contributed by atoms with Crippen molar-refractivity contribution in [1.82, 2.24) is 0 Å². The van der Waals surface area contributed by atoms with Gasteiger partial charge in [-0.25, -0.2) is 9.69 Å². The molecule has 190 valence electrons. The van der Waals surface area contributed by atoms with E-state index in [2.05, 4.69) is 0 Å². The van der Waals surface area contributed by atoms with Crippen LogP contribution in [-0.2, 0) is 30.9 Å². The van der Waals surface area contributed by atoms with Gasteiger partial charge in [0.05, 0.1) is 18.4 Å². The first-order chi connectivity index (χ1) is 16.9. The lowest BCUT2D eigenvalue weighted by Crippen LogP contribution is -2.61. The third-order valence-electron chi connectivity index (χ3n) is 6.88. The van der Waals surface area contributed by atoms with Crippen LogP contribution < -0.4 is 4.90 Å². The van der Waals surface area contributed by atoms with Crippen molar-refractivity contribution < 1.29 is 33.9 Å². The number of hydrogen-bond acceptors (Lipinski definition) is 8. The second-order valence-electron chi connectivity index (χ2n) is 10.2. The van der Waals surface area contributed by atoms with E-state index in [1.807, 2.05) is 0 Å². The number of fused-ring (bicyclic) bond motifs is 2. The third-order valence-corrected chi connectivity index (χ3v) is 6.88. The van der Waals surface area contributed by atoms with Crippen molar-refractivity contribution in [2.45, 2.75) is 56.3 Å². The van der Waals surface area contributed by atoms with Crippen LogP contribution in [0.1, 0.15) is 38.3 Å². The van der Waals surface area contributed by atoms with E-state index in [0.717, 1.165) is 12.0 Å². The zero-order chi connectivity index (χ0) is 26.5. The monoisotopic (exact) mass is 496 g/mol. The number of benzene rings is 2. The molecule has 10 nitrogen and oxygen atoms in total. The molecule has 4 rings (SSSR count). The summed E-state index contributed by atoms with van der Waals surface area (Å²) >= 11 is 0. The molecule has 1 heterocycles. The molecule has 0 unspecified atom stereocenters. The number of esters is 1. The number of nitro groups is 1. The number of imide groups is 1. The van der Waals surface area contributed by atoms with E-state index in [4.69, 9.17) is 9.47 Å². The Bertz CT molecular complexity index is 1220. The normalized spacial score (nSPS) is 27.1. The van der Waals surface area contributed by atoms with Gasteiger partial charge in [0.15, 0.2) is 0 Å². The van der Waals surface area contributed by atoms with Crippen LogP contribution in [0, 0.1) is 16.0 Å². The van der Waals surface area contributed by atoms with Crippen molar-refractivity contribution in [2.75, 3.05) is 12.0 Å². The highest BCUT2D eigenvalue weighted by molar-refractivity contribution is 6.23. The van der Waals surface area contributed by atoms with E-state index in [1.54, 1.807) is 63.2 Å². The van der Waals surface area contributed by atoms with Gasteiger partial charge in [0.25, 0.3) is 5.91 Å². The van der Waals surface area contributed by atoms with E-state index < -0.39 is 57.9 Å². The predicted molar refractivity (Wildman–Crippen MR) is 128 cm³/mol. The Morgan fingerprint density at radius 3 is 2.33 bits per heavy atom. The molecule has 1 N–H and O–H groups in total. The predicted octanol–water partition coefficient (Wildman–Crippen LogP) is 3.02. The number of rotatable bonds is 4. The minimum atomic E-state index is -2.17. The molecule has 0 bridgehead atoms. The molecular weight excluding hydrogens is 468 g/mol. The molecule has 0 aromatic heterocycles. The number of aliphatic hydroxyl groups is 1. The zero-order valence-electron chi connectivity index (χ0n) is 20.5. The molecule has 0 saturated heterocycles. The van der Waals surface area contributed by atoms with Crippen LogP contribution >= 0.6 is 0 Å². The summed E-state index contributed by atoms with van der Waals surface area (Å²) in [4.78, 5) is 53.1. The quantitative estimate of drug-likeness (QED) is 0.388. The molecule has 2 aromatic carbocycles. The molecule has 2 aliphatic rings. The number of ether oxygens (including phenoxy) is 2. The van der Waals surface area contributed by atoms with Gasteiger partial charge in [-0.1, -0.05) is 48.5 Å². The Morgan fingerprint density at radius 1 is 1.14 bits per heavy atom. The minimum Gasteiger partial charge on any atom is -0.469 e. The topological polar surface area (TPSA) is 136 Å². The van der Waals surface area contributed by atoms with Gasteiger partial charge >= 0.3 is 12.1 Å². The molecule has 10 heteroatoms. The number of hydrogen-bond donors (Lipinski definition) is 1. The van der Waals surface area contributed by atoms with Crippen molar-refractivity contribution in [3.05, 3.63) is 75.8 Å². The second-order valence-corrected chi connectivity index (χ2v) is 10.2. The fourth-order valence-electron chi connectivity index (χ4n) is 5.65. The Labute approximate surface area is 208 Å². The van der Waals surface area contributed by atoms with E-state index in [-0.39, 0.29) is 17.7 Å². The van der Waals surface area contributed by atoms with Gasteiger partial charge in [0.1, 0.15) is 16.9 Å². The Hall–Kier alpha value is -3.79. The molecule has 1 saturated carbocycles. The number of nitrogens with zero attached hydrogens (tertiary/aromatic N) is 2. The van der Waals surface area contributed by atoms with Gasteiger partial charge in [-0.2, -0.15) is 0 Å². The smallest absolute Gasteiger partial charge is 0.421 e. The number of amides is 2. The highest BCUT2D eigenvalue weighted by Gasteiger charge is 2.78. The van der Waals surface area contributed by atoms with Crippen LogP contribution in [-0.4, -0.2) is 52.4 Å². The Balaban J connectivity index is 2.01. The second kappa shape index (κ2) is 8.70. The summed E-state index contributed by atoms with van der Waals surface area (Å²) in [5.74, 6) is -3.67. The Morgan fingerprint density at radius 2 is 1.75 bits per heavy atom. The van der Waals surface area contributed by atoms with Gasteiger partial charge in [-0.3, -0.25) is 19.7 Å². The molecule has 2 aromatic rings. The third kappa shape index (κ3) is 3.72. The van der Waals surface area contributed by atoms with Crippen LogP contribution in [0.15, 0.2) is 54.6 Å². The van der Waals surface area contributed by atoms with Crippen molar-refractivity contribution in [1.29, 1.82) is 0 Å². The maximum atomic E-state index is 14.4. The molecule has 1 spiro atoms. The average Bonchev–Trinajstić information content (AvgIpc) is 3.23. The molecule has 1 aliphatic carbocycles. The summed E-state index contributed by atoms with van der Waals surface area (Å²) in [7, 11) is 1.07. The lowest BCUT2D eigenvalue weighted by molar-refractivity contribution is -0.528. The van der Waals surface area contributed by atoms with Crippen LogP contribution in [0.5, 0.6) is 0 Å². The zero-order valence-corrected chi connectivity index (χ0v) is 20.5. The van der Waals surface area contributed by atoms with Gasteiger partial charge in [-0.15, -0.1) is 0 Å². The molecule has 4 atom stereocenters. The van der Waals surface area contributed by atoms with Gasteiger partial charge in [0, 0.05) is 17.8 Å². The minimum absolute atomic E-state index is 0.0983. The SMILES string of the molecule is COC(=O)[C@@H]1[C@@H]([N+](=O)[O-])C[C@](O)(Cc2ccccc2)[C@]12C(=O)N(C(=O)OC(C)(C)C)c1ccccc12. The molecule has 0 radical (unpaired) electrons. The summed E-state index contributed by atoms with van der Waals surface area (Å²) in [6, 6.07) is 13.2. The average molecular weight is 497 g/mol. The number of anilines is 1. The van der Waals surface area contributed by atoms with Gasteiger partial charge in [0.2, 0.25) is 6.04 Å². The summed E-state index contributed by atoms with van der Waals surface area (Å²) in [6.07, 6.45) is -1.68. The summed E-state index contributed by atoms with van der Waals surface area (Å²) in [5.41, 5.74) is -4.38. The number of methoxy groups -OCH3 is 1. The maximum Gasteiger partial charge on any atom is 0.421 e. The van der Waals surface area contributed by atoms with Crippen molar-refractivity contribution >= 4 is 23.7 Å². The summed E-state index contributed by atoms with van der Waals surface area (Å²) < 4.78 is 10.4. The van der Waals surface area contributed by atoms with Crippen molar-refractivity contribution in [3.8, 4) is 0 Å². The highest BCUT2D eigenvalue weighted by atomic mass is 16.6. The first kappa shape index (κ1) is 25.3. The first-order valence-corrected chi connectivity index (χ1v) is 11.5. The molecule has 1 fully saturated rings. The van der Waals surface area contributed by atoms with Gasteiger partial charge in [-0.05, 0) is 38.0 Å². The molecule has 1 aliphatic heterocycles. The van der Waals surface area contributed by atoms with Crippen molar-refractivity contribution in [2.24, 2.45) is 5.92 Å². The standard InChI is InChI=1S/C26H28N2O8/c1-24(2,3)36-23(31)27-18-13-9-8-12-17(18)26(22(27)30)20(21(29)35-4)19(28(33)34)15-25(26,32)14-16-10-6-5-7-11-16/h5-13,19-20,32H,14-15H2,1-4H3/t19-,20-,25+,26-/m0/s1. The van der Waals surface area contributed by atoms with Crippen LogP contribution in [0.25, 0.3) is 0 Å². The van der Waals surface area contributed by atoms with E-state index in [9.17, 15) is 29.6 Å². The first-order valence-electron chi connectivity index (χ1n) is 11.5. The Kier molecular flexibility index (Phi) is 6.12. The fraction of sp³-hybridized carbons (Fsp3) is 0.423. The number of carbonyl (C=O) groups is 3. The summed E-state index contributed by atoms with van der Waals surface area (Å²) in [5, 5.41) is 24.5. The lowest BCUT2D eigenvalue weighted by atomic mass is 9.63. The molecule has 36 heavy (non-hydrogen) atoms. The number of para-hydroxylation sites is 1. The van der Waals surface area contributed by atoms with Crippen LogP contribution in [0.3, 0.4) is 0 Å². The van der Waals surface area contributed by atoms with E-state index in [0.29, 0.717) is 5.56 Å². The largest absolute Gasteiger partial charge is 0.469 e. The van der Waals surface area contributed by atoms with Crippen molar-refractivity contribution in [3.63, 3.8) is 0 Å². The molecule has 2 amide bonds. The number of carbonyl (C=O) groups excluding carboxylic acids is 3. The van der Waals surface area contributed by atoms with E-state index >= 15 is 0 Å². The summed E-state index contributed by atoms with van der Waals surface area (Å²) in [6.45, 7) is 4.90. The van der Waals surface area contributed by atoms with Gasteiger partial charge < -0.3 is 14.6 Å². The molecular formula is C26H28N2O8. The fourth-order valence-corrected chi connectivity index (χ4v) is 5.65. The van der Waals surface area contributed by atoms with Crippen LogP contribution in [0.2, 0.25) is 0 Å². The maximum absolute atomic E-state index is 14.4. The lowest BCUT2D eigenvalue weighted by Gasteiger charge is -2.40.